The molecule has 0 radical (unpaired) electrons. The third-order valence-corrected chi connectivity index (χ3v) is 6.54. The fourth-order valence-electron chi connectivity index (χ4n) is 3.27. The normalized spacial score (nSPS) is 19.2. The lowest BCUT2D eigenvalue weighted by atomic mass is 10.1. The van der Waals surface area contributed by atoms with Crippen molar-refractivity contribution >= 4 is 22.0 Å². The third kappa shape index (κ3) is 4.43. The van der Waals surface area contributed by atoms with E-state index >= 15 is 0 Å². The number of aromatic nitrogens is 1. The number of hydrogen-bond donors (Lipinski definition) is 1. The van der Waals surface area contributed by atoms with E-state index in [1.165, 1.54) is 0 Å². The molecule has 0 aromatic carbocycles. The Hall–Kier alpha value is -2.35. The molecule has 1 fully saturated rings. The molecule has 3 rings (SSSR count). The first-order valence-corrected chi connectivity index (χ1v) is 10.4. The lowest BCUT2D eigenvalue weighted by Crippen LogP contribution is -2.21. The summed E-state index contributed by atoms with van der Waals surface area (Å²) < 4.78 is 30.4. The van der Waals surface area contributed by atoms with Crippen LogP contribution in [0.1, 0.15) is 35.6 Å². The van der Waals surface area contributed by atoms with E-state index < -0.39 is 9.84 Å². The summed E-state index contributed by atoms with van der Waals surface area (Å²) in [6, 6.07) is 5.78. The number of aryl methyl sites for hydroxylation is 1. The Morgan fingerprint density at radius 3 is 2.92 bits per heavy atom. The fourth-order valence-corrected chi connectivity index (χ4v) is 5.14. The minimum Gasteiger partial charge on any atom is -0.467 e. The number of rotatable bonds is 6. The number of nitrogens with zero attached hydrogens (tertiary/aromatic N) is 2. The summed E-state index contributed by atoms with van der Waals surface area (Å²) >= 11 is 0. The average Bonchev–Trinajstić information content (AvgIpc) is 3.25. The van der Waals surface area contributed by atoms with Crippen LogP contribution in [0, 0.1) is 19.8 Å². The Morgan fingerprint density at radius 2 is 2.27 bits per heavy atom. The van der Waals surface area contributed by atoms with Gasteiger partial charge in [0, 0.05) is 23.4 Å². The van der Waals surface area contributed by atoms with Crippen LogP contribution in [0.15, 0.2) is 34.0 Å². The van der Waals surface area contributed by atoms with Gasteiger partial charge in [0.05, 0.1) is 30.5 Å². The Labute approximate surface area is 153 Å². The molecule has 8 heteroatoms. The summed E-state index contributed by atoms with van der Waals surface area (Å²) in [6.45, 7) is 4.63. The lowest BCUT2D eigenvalue weighted by molar-refractivity contribution is -0.121. The summed E-state index contributed by atoms with van der Waals surface area (Å²) in [5.41, 5.74) is 5.51. The number of nitrogens with one attached hydrogen (secondary N) is 1. The Kier molecular flexibility index (Phi) is 5.31. The van der Waals surface area contributed by atoms with Gasteiger partial charge in [-0.1, -0.05) is 0 Å². The minimum absolute atomic E-state index is 0.0953. The van der Waals surface area contributed by atoms with Gasteiger partial charge in [0.15, 0.2) is 9.84 Å². The van der Waals surface area contributed by atoms with Crippen molar-refractivity contribution in [3.63, 3.8) is 0 Å². The molecule has 1 N–H and O–H groups in total. The van der Waals surface area contributed by atoms with Gasteiger partial charge in [-0.3, -0.25) is 4.79 Å². The molecule has 0 saturated carbocycles. The van der Waals surface area contributed by atoms with E-state index in [0.29, 0.717) is 13.0 Å². The number of sulfone groups is 1. The molecule has 0 unspecified atom stereocenters. The summed E-state index contributed by atoms with van der Waals surface area (Å²) in [6.07, 6.45) is 4.00. The fraction of sp³-hybridized carbons (Fsp3) is 0.444. The maximum absolute atomic E-state index is 11.9. The van der Waals surface area contributed by atoms with Crippen molar-refractivity contribution in [1.29, 1.82) is 0 Å². The number of amides is 1. The highest BCUT2D eigenvalue weighted by atomic mass is 32.2. The first-order valence-electron chi connectivity index (χ1n) is 8.55. The van der Waals surface area contributed by atoms with Crippen molar-refractivity contribution in [2.75, 3.05) is 11.5 Å². The smallest absolute Gasteiger partial charge is 0.240 e. The van der Waals surface area contributed by atoms with Gasteiger partial charge < -0.3 is 8.98 Å². The molecule has 2 aromatic rings. The van der Waals surface area contributed by atoms with Crippen molar-refractivity contribution < 1.29 is 17.6 Å². The quantitative estimate of drug-likeness (QED) is 0.616. The number of hydrazone groups is 1. The predicted molar refractivity (Wildman–Crippen MR) is 98.8 cm³/mol. The second kappa shape index (κ2) is 7.49. The topological polar surface area (TPSA) is 93.7 Å². The molecule has 140 valence electrons. The van der Waals surface area contributed by atoms with Crippen molar-refractivity contribution in [1.82, 2.24) is 9.99 Å². The highest BCUT2D eigenvalue weighted by molar-refractivity contribution is 7.91. The van der Waals surface area contributed by atoms with Crippen molar-refractivity contribution in [2.24, 2.45) is 11.0 Å². The number of hydrogen-bond acceptors (Lipinski definition) is 5. The Morgan fingerprint density at radius 1 is 1.46 bits per heavy atom. The molecule has 7 nitrogen and oxygen atoms in total. The summed E-state index contributed by atoms with van der Waals surface area (Å²) in [5.74, 6) is 0.782. The van der Waals surface area contributed by atoms with Gasteiger partial charge in [0.25, 0.3) is 0 Å². The SMILES string of the molecule is Cc1cc(/C=N\NC(=O)C[C@@H]2CCS(=O)(=O)C2)c(C)n1Cc1ccco1. The molecule has 0 aliphatic carbocycles. The van der Waals surface area contributed by atoms with Crippen molar-refractivity contribution in [3.05, 3.63) is 47.2 Å². The Bertz CT molecular complexity index is 911. The van der Waals surface area contributed by atoms with Crippen molar-refractivity contribution in [2.45, 2.75) is 33.2 Å². The zero-order valence-electron chi connectivity index (χ0n) is 14.9. The number of furan rings is 1. The predicted octanol–water partition coefficient (Wildman–Crippen LogP) is 2.02. The van der Waals surface area contributed by atoms with Gasteiger partial charge in [-0.2, -0.15) is 5.10 Å². The molecule has 1 aliphatic heterocycles. The van der Waals surface area contributed by atoms with E-state index in [1.807, 2.05) is 32.0 Å². The molecule has 26 heavy (non-hydrogen) atoms. The third-order valence-electron chi connectivity index (χ3n) is 4.70. The van der Waals surface area contributed by atoms with Crippen LogP contribution in [0.2, 0.25) is 0 Å². The minimum atomic E-state index is -2.96. The second-order valence-electron chi connectivity index (χ2n) is 6.76. The molecule has 0 spiro atoms. The van der Waals surface area contributed by atoms with Gasteiger partial charge in [0.2, 0.25) is 5.91 Å². The zero-order chi connectivity index (χ0) is 18.7. The zero-order valence-corrected chi connectivity index (χ0v) is 15.8. The van der Waals surface area contributed by atoms with Crippen LogP contribution >= 0.6 is 0 Å². The monoisotopic (exact) mass is 377 g/mol. The first-order chi connectivity index (χ1) is 12.3. The summed E-state index contributed by atoms with van der Waals surface area (Å²) in [4.78, 5) is 11.9. The first kappa shape index (κ1) is 18.4. The van der Waals surface area contributed by atoms with Crippen LogP contribution in [0.25, 0.3) is 0 Å². The summed E-state index contributed by atoms with van der Waals surface area (Å²) in [5, 5.41) is 4.02. The van der Waals surface area contributed by atoms with E-state index in [0.717, 1.165) is 22.7 Å². The van der Waals surface area contributed by atoms with E-state index in [1.54, 1.807) is 12.5 Å². The molecular formula is C18H23N3O4S. The van der Waals surface area contributed by atoms with Crippen LogP contribution in [0.4, 0.5) is 0 Å². The van der Waals surface area contributed by atoms with Crippen LogP contribution in [-0.2, 0) is 21.2 Å². The molecule has 0 bridgehead atoms. The van der Waals surface area contributed by atoms with E-state index in [2.05, 4.69) is 15.1 Å². The number of carbonyl (C=O) groups is 1. The largest absolute Gasteiger partial charge is 0.467 e. The summed E-state index contributed by atoms with van der Waals surface area (Å²) in [7, 11) is -2.96. The van der Waals surface area contributed by atoms with Gasteiger partial charge >= 0.3 is 0 Å². The second-order valence-corrected chi connectivity index (χ2v) is 8.99. The highest BCUT2D eigenvalue weighted by Crippen LogP contribution is 2.21. The number of carbonyl (C=O) groups excluding carboxylic acids is 1. The van der Waals surface area contributed by atoms with Crippen LogP contribution in [0.5, 0.6) is 0 Å². The van der Waals surface area contributed by atoms with Crippen LogP contribution in [0.3, 0.4) is 0 Å². The van der Waals surface area contributed by atoms with E-state index in [9.17, 15) is 13.2 Å². The van der Waals surface area contributed by atoms with E-state index in [4.69, 9.17) is 4.42 Å². The standard InChI is InChI=1S/C18H23N3O4S/c1-13-8-16(14(2)21(13)11-17-4-3-6-25-17)10-19-20-18(22)9-15-5-7-26(23,24)12-15/h3-4,6,8,10,15H,5,7,9,11-12H2,1-2H3,(H,20,22)/b19-10-/t15-/m0/s1. The molecule has 1 atom stereocenters. The average molecular weight is 377 g/mol. The highest BCUT2D eigenvalue weighted by Gasteiger charge is 2.29. The molecule has 1 saturated heterocycles. The van der Waals surface area contributed by atoms with Crippen LogP contribution < -0.4 is 5.43 Å². The molecular weight excluding hydrogens is 354 g/mol. The maximum Gasteiger partial charge on any atom is 0.240 e. The van der Waals surface area contributed by atoms with Gasteiger partial charge in [-0.25, -0.2) is 13.8 Å². The molecule has 1 amide bonds. The Balaban J connectivity index is 1.57. The maximum atomic E-state index is 11.9. The van der Waals surface area contributed by atoms with Crippen molar-refractivity contribution in [3.8, 4) is 0 Å². The molecule has 3 heterocycles. The molecule has 2 aromatic heterocycles. The van der Waals surface area contributed by atoms with E-state index in [-0.39, 0.29) is 29.8 Å². The van der Waals surface area contributed by atoms with Gasteiger partial charge in [-0.05, 0) is 44.4 Å². The lowest BCUT2D eigenvalue weighted by Gasteiger charge is -2.07. The van der Waals surface area contributed by atoms with Gasteiger partial charge in [-0.15, -0.1) is 0 Å². The molecule has 1 aliphatic rings. The van der Waals surface area contributed by atoms with Crippen LogP contribution in [-0.4, -0.2) is 36.6 Å². The van der Waals surface area contributed by atoms with Gasteiger partial charge in [0.1, 0.15) is 5.76 Å².